The van der Waals surface area contributed by atoms with Gasteiger partial charge in [-0.2, -0.15) is 0 Å². The van der Waals surface area contributed by atoms with E-state index in [0.717, 1.165) is 37.9 Å². The Bertz CT molecular complexity index is 476. The molecular formula is C15H23N3O2. The molecule has 5 nitrogen and oxygen atoms in total. The minimum atomic E-state index is 0.0261. The monoisotopic (exact) mass is 277 g/mol. The number of amides is 1. The van der Waals surface area contributed by atoms with Crippen LogP contribution >= 0.6 is 0 Å². The van der Waals surface area contributed by atoms with Gasteiger partial charge in [0.25, 0.3) is 5.91 Å². The van der Waals surface area contributed by atoms with Crippen LogP contribution in [0.4, 0.5) is 5.82 Å². The van der Waals surface area contributed by atoms with Gasteiger partial charge in [0.2, 0.25) is 0 Å². The molecule has 1 atom stereocenters. The molecule has 1 fully saturated rings. The molecule has 0 radical (unpaired) electrons. The predicted octanol–water partition coefficient (Wildman–Crippen LogP) is 1.87. The zero-order chi connectivity index (χ0) is 14.5. The first-order chi connectivity index (χ1) is 9.63. The molecule has 20 heavy (non-hydrogen) atoms. The van der Waals surface area contributed by atoms with Crippen molar-refractivity contribution in [3.63, 3.8) is 0 Å². The van der Waals surface area contributed by atoms with Gasteiger partial charge < -0.3 is 15.4 Å². The van der Waals surface area contributed by atoms with Crippen LogP contribution in [0.2, 0.25) is 0 Å². The Balaban J connectivity index is 2.15. The molecule has 0 aliphatic carbocycles. The first-order valence-corrected chi connectivity index (χ1v) is 7.22. The third-order valence-electron chi connectivity index (χ3n) is 3.65. The van der Waals surface area contributed by atoms with E-state index < -0.39 is 0 Å². The van der Waals surface area contributed by atoms with E-state index in [1.165, 1.54) is 0 Å². The Kier molecular flexibility index (Phi) is 4.95. The lowest BCUT2D eigenvalue weighted by Gasteiger charge is -2.32. The van der Waals surface area contributed by atoms with Crippen LogP contribution in [0, 0.1) is 0 Å². The summed E-state index contributed by atoms with van der Waals surface area (Å²) in [6.07, 6.45) is 3.96. The van der Waals surface area contributed by atoms with Crippen molar-refractivity contribution in [1.29, 1.82) is 0 Å². The molecule has 1 aliphatic rings. The fraction of sp³-hybridized carbons (Fsp3) is 0.600. The third-order valence-corrected chi connectivity index (χ3v) is 3.65. The Labute approximate surface area is 120 Å². The minimum Gasteiger partial charge on any atom is -0.384 e. The minimum absolute atomic E-state index is 0.0261. The van der Waals surface area contributed by atoms with Crippen molar-refractivity contribution in [3.8, 4) is 0 Å². The average Bonchev–Trinajstić information content (AvgIpc) is 2.46. The standard InChI is InChI=1S/C15H23N3O2/c1-3-5-12-8-11(9-14(16)17-12)15(19)18-7-4-6-13(10-18)20-2/h8-9,13H,3-7,10H2,1-2H3,(H2,16,17). The molecule has 0 spiro atoms. The van der Waals surface area contributed by atoms with Gasteiger partial charge in [0.05, 0.1) is 6.10 Å². The number of likely N-dealkylation sites (tertiary alicyclic amines) is 1. The molecule has 5 heteroatoms. The third kappa shape index (κ3) is 3.48. The molecule has 2 rings (SSSR count). The van der Waals surface area contributed by atoms with Crippen LogP contribution < -0.4 is 5.73 Å². The average molecular weight is 277 g/mol. The Morgan fingerprint density at radius 1 is 1.55 bits per heavy atom. The zero-order valence-corrected chi connectivity index (χ0v) is 12.3. The molecule has 1 aromatic rings. The van der Waals surface area contributed by atoms with Gasteiger partial charge in [0.15, 0.2) is 0 Å². The highest BCUT2D eigenvalue weighted by Gasteiger charge is 2.24. The van der Waals surface area contributed by atoms with Gasteiger partial charge >= 0.3 is 0 Å². The van der Waals surface area contributed by atoms with Crippen LogP contribution in [0.15, 0.2) is 12.1 Å². The summed E-state index contributed by atoms with van der Waals surface area (Å²) in [6.45, 7) is 3.52. The molecule has 1 saturated heterocycles. The lowest BCUT2D eigenvalue weighted by atomic mass is 10.1. The lowest BCUT2D eigenvalue weighted by molar-refractivity contribution is 0.0269. The maximum absolute atomic E-state index is 12.6. The number of aryl methyl sites for hydroxylation is 1. The highest BCUT2D eigenvalue weighted by Crippen LogP contribution is 2.17. The Morgan fingerprint density at radius 2 is 2.35 bits per heavy atom. The fourth-order valence-corrected chi connectivity index (χ4v) is 2.62. The number of nitrogens with zero attached hydrogens (tertiary/aromatic N) is 2. The van der Waals surface area contributed by atoms with E-state index in [1.54, 1.807) is 13.2 Å². The molecule has 0 aromatic carbocycles. The maximum Gasteiger partial charge on any atom is 0.254 e. The fourth-order valence-electron chi connectivity index (χ4n) is 2.62. The number of hydrogen-bond donors (Lipinski definition) is 1. The number of hydrogen-bond acceptors (Lipinski definition) is 4. The van der Waals surface area contributed by atoms with Gasteiger partial charge in [-0.25, -0.2) is 4.98 Å². The summed E-state index contributed by atoms with van der Waals surface area (Å²) in [7, 11) is 1.70. The molecule has 0 saturated carbocycles. The number of anilines is 1. The van der Waals surface area contributed by atoms with Gasteiger partial charge in [0, 0.05) is 31.5 Å². The van der Waals surface area contributed by atoms with Gasteiger partial charge in [-0.15, -0.1) is 0 Å². The van der Waals surface area contributed by atoms with E-state index >= 15 is 0 Å². The van der Waals surface area contributed by atoms with E-state index in [9.17, 15) is 4.79 Å². The first kappa shape index (κ1) is 14.8. The van der Waals surface area contributed by atoms with Crippen molar-refractivity contribution in [2.45, 2.75) is 38.7 Å². The highest BCUT2D eigenvalue weighted by molar-refractivity contribution is 5.95. The van der Waals surface area contributed by atoms with E-state index in [1.807, 2.05) is 11.0 Å². The molecule has 0 bridgehead atoms. The Hall–Kier alpha value is -1.62. The number of ether oxygens (including phenoxy) is 1. The van der Waals surface area contributed by atoms with Crippen LogP contribution in [0.5, 0.6) is 0 Å². The molecular weight excluding hydrogens is 254 g/mol. The summed E-state index contributed by atoms with van der Waals surface area (Å²) < 4.78 is 5.36. The number of carbonyl (C=O) groups is 1. The van der Waals surface area contributed by atoms with Crippen molar-refractivity contribution in [1.82, 2.24) is 9.88 Å². The van der Waals surface area contributed by atoms with Gasteiger partial charge in [0.1, 0.15) is 5.82 Å². The largest absolute Gasteiger partial charge is 0.384 e. The van der Waals surface area contributed by atoms with Crippen LogP contribution in [-0.2, 0) is 11.2 Å². The topological polar surface area (TPSA) is 68.5 Å². The number of pyridine rings is 1. The van der Waals surface area contributed by atoms with E-state index in [0.29, 0.717) is 17.9 Å². The number of methoxy groups -OCH3 is 1. The molecule has 2 N–H and O–H groups in total. The summed E-state index contributed by atoms with van der Waals surface area (Å²) in [6, 6.07) is 3.52. The second kappa shape index (κ2) is 6.70. The number of nitrogens with two attached hydrogens (primary N) is 1. The number of aromatic nitrogens is 1. The second-order valence-corrected chi connectivity index (χ2v) is 5.27. The van der Waals surface area contributed by atoms with Gasteiger partial charge in [-0.3, -0.25) is 4.79 Å². The summed E-state index contributed by atoms with van der Waals surface area (Å²) in [4.78, 5) is 18.7. The summed E-state index contributed by atoms with van der Waals surface area (Å²) in [5, 5.41) is 0. The molecule has 1 amide bonds. The van der Waals surface area contributed by atoms with Gasteiger partial charge in [-0.05, 0) is 31.4 Å². The van der Waals surface area contributed by atoms with Crippen molar-refractivity contribution in [2.24, 2.45) is 0 Å². The van der Waals surface area contributed by atoms with Crippen LogP contribution in [-0.4, -0.2) is 42.1 Å². The van der Waals surface area contributed by atoms with Crippen molar-refractivity contribution < 1.29 is 9.53 Å². The van der Waals surface area contributed by atoms with Gasteiger partial charge in [-0.1, -0.05) is 13.3 Å². The summed E-state index contributed by atoms with van der Waals surface area (Å²) in [5.74, 6) is 0.442. The first-order valence-electron chi connectivity index (χ1n) is 7.22. The number of carbonyl (C=O) groups excluding carboxylic acids is 1. The molecule has 1 aliphatic heterocycles. The number of rotatable bonds is 4. The molecule has 1 aromatic heterocycles. The Morgan fingerprint density at radius 3 is 3.05 bits per heavy atom. The highest BCUT2D eigenvalue weighted by atomic mass is 16.5. The smallest absolute Gasteiger partial charge is 0.254 e. The van der Waals surface area contributed by atoms with Crippen LogP contribution in [0.3, 0.4) is 0 Å². The zero-order valence-electron chi connectivity index (χ0n) is 12.3. The maximum atomic E-state index is 12.6. The number of nitrogen functional groups attached to an aromatic ring is 1. The molecule has 110 valence electrons. The van der Waals surface area contributed by atoms with E-state index in [2.05, 4.69) is 11.9 Å². The van der Waals surface area contributed by atoms with Crippen LogP contribution in [0.25, 0.3) is 0 Å². The quantitative estimate of drug-likeness (QED) is 0.912. The van der Waals surface area contributed by atoms with Crippen molar-refractivity contribution in [3.05, 3.63) is 23.4 Å². The summed E-state index contributed by atoms with van der Waals surface area (Å²) in [5.41, 5.74) is 7.33. The lowest BCUT2D eigenvalue weighted by Crippen LogP contribution is -2.42. The predicted molar refractivity (Wildman–Crippen MR) is 78.6 cm³/mol. The molecule has 1 unspecified atom stereocenters. The van der Waals surface area contributed by atoms with Crippen molar-refractivity contribution >= 4 is 11.7 Å². The second-order valence-electron chi connectivity index (χ2n) is 5.27. The molecule has 2 heterocycles. The normalized spacial score (nSPS) is 19.1. The SMILES string of the molecule is CCCc1cc(C(=O)N2CCCC(OC)C2)cc(N)n1. The van der Waals surface area contributed by atoms with E-state index in [4.69, 9.17) is 10.5 Å². The summed E-state index contributed by atoms with van der Waals surface area (Å²) >= 11 is 0. The van der Waals surface area contributed by atoms with Crippen molar-refractivity contribution in [2.75, 3.05) is 25.9 Å². The van der Waals surface area contributed by atoms with E-state index in [-0.39, 0.29) is 12.0 Å². The number of piperidine rings is 1. The van der Waals surface area contributed by atoms with Crippen LogP contribution in [0.1, 0.15) is 42.2 Å².